The molecule has 0 radical (unpaired) electrons. The van der Waals surface area contributed by atoms with E-state index in [1.54, 1.807) is 26.2 Å². The summed E-state index contributed by atoms with van der Waals surface area (Å²) >= 11 is 0. The number of carbonyl (C=O) groups is 1. The number of nitrogens with zero attached hydrogens (tertiary/aromatic N) is 1. The second kappa shape index (κ2) is 5.24. The molecule has 20 heavy (non-hydrogen) atoms. The van der Waals surface area contributed by atoms with Gasteiger partial charge < -0.3 is 19.0 Å². The third-order valence-electron chi connectivity index (χ3n) is 2.96. The van der Waals surface area contributed by atoms with Crippen molar-refractivity contribution < 1.29 is 23.8 Å². The van der Waals surface area contributed by atoms with Crippen LogP contribution in [0.5, 0.6) is 11.5 Å². The SMILES string of the molecule is COc1cc(C)c(-c2nc(C(=O)O)c(C)o2)cc1OC. The summed E-state index contributed by atoms with van der Waals surface area (Å²) in [6, 6.07) is 3.50. The fourth-order valence-electron chi connectivity index (χ4n) is 1.92. The molecule has 0 amide bonds. The predicted molar refractivity (Wildman–Crippen MR) is 71.5 cm³/mol. The summed E-state index contributed by atoms with van der Waals surface area (Å²) < 4.78 is 15.9. The molecule has 0 saturated carbocycles. The molecule has 0 spiro atoms. The van der Waals surface area contributed by atoms with Gasteiger partial charge >= 0.3 is 5.97 Å². The number of methoxy groups -OCH3 is 2. The number of aryl methyl sites for hydroxylation is 2. The van der Waals surface area contributed by atoms with Crippen molar-refractivity contribution >= 4 is 5.97 Å². The van der Waals surface area contributed by atoms with Gasteiger partial charge in [-0.15, -0.1) is 0 Å². The van der Waals surface area contributed by atoms with Gasteiger partial charge in [0.2, 0.25) is 5.89 Å². The van der Waals surface area contributed by atoms with E-state index in [2.05, 4.69) is 4.98 Å². The van der Waals surface area contributed by atoms with Crippen LogP contribution < -0.4 is 9.47 Å². The second-order valence-corrected chi connectivity index (χ2v) is 4.25. The number of oxazole rings is 1. The normalized spacial score (nSPS) is 10.4. The van der Waals surface area contributed by atoms with E-state index in [4.69, 9.17) is 19.0 Å². The molecule has 1 aromatic heterocycles. The number of carboxylic acid groups (broad SMARTS) is 1. The third kappa shape index (κ3) is 2.32. The van der Waals surface area contributed by atoms with Crippen molar-refractivity contribution in [1.82, 2.24) is 4.98 Å². The molecule has 0 atom stereocenters. The van der Waals surface area contributed by atoms with Gasteiger partial charge in [-0.05, 0) is 31.5 Å². The van der Waals surface area contributed by atoms with Crippen LogP contribution in [0.4, 0.5) is 0 Å². The molecule has 1 heterocycles. The second-order valence-electron chi connectivity index (χ2n) is 4.25. The Hall–Kier alpha value is -2.50. The van der Waals surface area contributed by atoms with Gasteiger partial charge in [0, 0.05) is 5.56 Å². The average molecular weight is 277 g/mol. The van der Waals surface area contributed by atoms with Gasteiger partial charge in [-0.25, -0.2) is 9.78 Å². The van der Waals surface area contributed by atoms with Crippen molar-refractivity contribution in [2.45, 2.75) is 13.8 Å². The zero-order valence-corrected chi connectivity index (χ0v) is 11.7. The molecule has 0 unspecified atom stereocenters. The first-order valence-corrected chi connectivity index (χ1v) is 5.91. The van der Waals surface area contributed by atoms with E-state index >= 15 is 0 Å². The molecule has 1 N–H and O–H groups in total. The smallest absolute Gasteiger partial charge is 0.358 e. The van der Waals surface area contributed by atoms with Crippen LogP contribution in [0.3, 0.4) is 0 Å². The van der Waals surface area contributed by atoms with Crippen molar-refractivity contribution in [2.24, 2.45) is 0 Å². The summed E-state index contributed by atoms with van der Waals surface area (Å²) in [4.78, 5) is 15.0. The first-order valence-electron chi connectivity index (χ1n) is 5.91. The molecule has 0 bridgehead atoms. The maximum Gasteiger partial charge on any atom is 0.358 e. The van der Waals surface area contributed by atoms with Crippen molar-refractivity contribution in [2.75, 3.05) is 14.2 Å². The van der Waals surface area contributed by atoms with Gasteiger partial charge in [-0.2, -0.15) is 0 Å². The van der Waals surface area contributed by atoms with Gasteiger partial charge in [0.05, 0.1) is 14.2 Å². The molecule has 0 fully saturated rings. The number of hydrogen-bond acceptors (Lipinski definition) is 5. The van der Waals surface area contributed by atoms with Crippen molar-refractivity contribution in [3.05, 3.63) is 29.2 Å². The molecule has 106 valence electrons. The number of aromatic nitrogens is 1. The van der Waals surface area contributed by atoms with Crippen LogP contribution in [-0.4, -0.2) is 30.3 Å². The Morgan fingerprint density at radius 1 is 1.20 bits per heavy atom. The van der Waals surface area contributed by atoms with Crippen LogP contribution in [0, 0.1) is 13.8 Å². The third-order valence-corrected chi connectivity index (χ3v) is 2.96. The highest BCUT2D eigenvalue weighted by Crippen LogP contribution is 2.35. The van der Waals surface area contributed by atoms with E-state index in [1.807, 2.05) is 6.92 Å². The number of rotatable bonds is 4. The summed E-state index contributed by atoms with van der Waals surface area (Å²) in [5, 5.41) is 9.01. The molecule has 2 rings (SSSR count). The Kier molecular flexibility index (Phi) is 3.65. The number of ether oxygens (including phenoxy) is 2. The molecule has 0 aliphatic carbocycles. The maximum absolute atomic E-state index is 11.0. The van der Waals surface area contributed by atoms with Crippen LogP contribution in [0.2, 0.25) is 0 Å². The molecule has 1 aromatic carbocycles. The Bertz CT molecular complexity index is 660. The monoisotopic (exact) mass is 277 g/mol. The Labute approximate surface area is 116 Å². The highest BCUT2D eigenvalue weighted by molar-refractivity contribution is 5.87. The molecule has 6 heteroatoms. The van der Waals surface area contributed by atoms with Crippen LogP contribution in [-0.2, 0) is 0 Å². The topological polar surface area (TPSA) is 81.8 Å². The Morgan fingerprint density at radius 3 is 2.30 bits per heavy atom. The van der Waals surface area contributed by atoms with Crippen molar-refractivity contribution in [3.8, 4) is 23.0 Å². The number of benzene rings is 1. The lowest BCUT2D eigenvalue weighted by atomic mass is 10.1. The molecule has 0 aliphatic rings. The van der Waals surface area contributed by atoms with Crippen molar-refractivity contribution in [3.63, 3.8) is 0 Å². The molecular weight excluding hydrogens is 262 g/mol. The van der Waals surface area contributed by atoms with E-state index in [1.165, 1.54) is 7.11 Å². The standard InChI is InChI=1S/C14H15NO5/c1-7-5-10(18-3)11(19-4)6-9(7)13-15-12(14(16)17)8(2)20-13/h5-6H,1-4H3,(H,16,17). The Balaban J connectivity index is 2.58. The van der Waals surface area contributed by atoms with E-state index in [9.17, 15) is 4.79 Å². The first-order chi connectivity index (χ1) is 9.47. The number of aromatic carboxylic acids is 1. The average Bonchev–Trinajstić information content (AvgIpc) is 2.80. The molecule has 0 aliphatic heterocycles. The highest BCUT2D eigenvalue weighted by Gasteiger charge is 2.19. The van der Waals surface area contributed by atoms with E-state index in [-0.39, 0.29) is 17.3 Å². The predicted octanol–water partition coefficient (Wildman–Crippen LogP) is 2.67. The van der Waals surface area contributed by atoms with Crippen LogP contribution in [0.25, 0.3) is 11.5 Å². The minimum absolute atomic E-state index is 0.0887. The fraction of sp³-hybridized carbons (Fsp3) is 0.286. The lowest BCUT2D eigenvalue weighted by Gasteiger charge is -2.10. The van der Waals surface area contributed by atoms with Crippen LogP contribution in [0.15, 0.2) is 16.5 Å². The van der Waals surface area contributed by atoms with Gasteiger partial charge in [-0.1, -0.05) is 0 Å². The van der Waals surface area contributed by atoms with Crippen molar-refractivity contribution in [1.29, 1.82) is 0 Å². The van der Waals surface area contributed by atoms with E-state index in [0.29, 0.717) is 17.1 Å². The van der Waals surface area contributed by atoms with Gasteiger partial charge in [0.1, 0.15) is 5.76 Å². The summed E-state index contributed by atoms with van der Waals surface area (Å²) in [6.45, 7) is 3.42. The summed E-state index contributed by atoms with van der Waals surface area (Å²) in [5.74, 6) is 0.520. The largest absolute Gasteiger partial charge is 0.493 e. The van der Waals surface area contributed by atoms with Gasteiger partial charge in [0.25, 0.3) is 0 Å². The first kappa shape index (κ1) is 13.9. The molecule has 0 saturated heterocycles. The minimum Gasteiger partial charge on any atom is -0.493 e. The van der Waals surface area contributed by atoms with E-state index < -0.39 is 5.97 Å². The number of hydrogen-bond donors (Lipinski definition) is 1. The zero-order chi connectivity index (χ0) is 14.9. The van der Waals surface area contributed by atoms with Crippen LogP contribution >= 0.6 is 0 Å². The zero-order valence-electron chi connectivity index (χ0n) is 11.7. The number of carboxylic acids is 1. The minimum atomic E-state index is -1.12. The summed E-state index contributed by atoms with van der Waals surface area (Å²) in [7, 11) is 3.08. The Morgan fingerprint density at radius 2 is 1.80 bits per heavy atom. The van der Waals surface area contributed by atoms with E-state index in [0.717, 1.165) is 5.56 Å². The fourth-order valence-corrected chi connectivity index (χ4v) is 1.92. The van der Waals surface area contributed by atoms with Gasteiger partial charge in [0.15, 0.2) is 17.2 Å². The maximum atomic E-state index is 11.0. The molecule has 2 aromatic rings. The molecule has 6 nitrogen and oxygen atoms in total. The van der Waals surface area contributed by atoms with Crippen LogP contribution in [0.1, 0.15) is 21.8 Å². The summed E-state index contributed by atoms with van der Waals surface area (Å²) in [6.07, 6.45) is 0. The lowest BCUT2D eigenvalue weighted by Crippen LogP contribution is -1.98. The van der Waals surface area contributed by atoms with Gasteiger partial charge in [-0.3, -0.25) is 0 Å². The summed E-state index contributed by atoms with van der Waals surface area (Å²) in [5.41, 5.74) is 1.42. The quantitative estimate of drug-likeness (QED) is 0.925. The highest BCUT2D eigenvalue weighted by atomic mass is 16.5. The molecular formula is C14H15NO5. The lowest BCUT2D eigenvalue weighted by molar-refractivity contribution is 0.0689.